The van der Waals surface area contributed by atoms with Crippen LogP contribution in [0.3, 0.4) is 0 Å². The van der Waals surface area contributed by atoms with Gasteiger partial charge in [-0.25, -0.2) is 12.8 Å². The van der Waals surface area contributed by atoms with Crippen LogP contribution in [-0.4, -0.2) is 51.6 Å². The molecule has 0 unspecified atom stereocenters. The fraction of sp³-hybridized carbons (Fsp3) is 0.269. The molecule has 1 aliphatic heterocycles. The van der Waals surface area contributed by atoms with Crippen molar-refractivity contribution in [3.05, 3.63) is 95.8 Å². The molecule has 1 fully saturated rings. The van der Waals surface area contributed by atoms with Crippen LogP contribution in [0, 0.1) is 5.82 Å². The Balaban J connectivity index is 1.52. The Morgan fingerprint density at radius 1 is 0.943 bits per heavy atom. The molecule has 1 saturated heterocycles. The normalized spacial score (nSPS) is 15.5. The van der Waals surface area contributed by atoms with E-state index in [9.17, 15) is 17.6 Å². The zero-order valence-electron chi connectivity index (χ0n) is 19.2. The molecule has 0 radical (unpaired) electrons. The summed E-state index contributed by atoms with van der Waals surface area (Å²) in [7, 11) is -4.28. The summed E-state index contributed by atoms with van der Waals surface area (Å²) >= 11 is 0. The third kappa shape index (κ3) is 6.95. The molecule has 4 rings (SSSR count). The van der Waals surface area contributed by atoms with Gasteiger partial charge in [-0.2, -0.15) is 4.72 Å². The summed E-state index contributed by atoms with van der Waals surface area (Å²) in [6, 6.07) is 20.5. The second kappa shape index (κ2) is 11.5. The molecule has 3 aromatic rings. The third-order valence-corrected chi connectivity index (χ3v) is 7.23. The van der Waals surface area contributed by atoms with Gasteiger partial charge in [-0.3, -0.25) is 9.69 Å². The van der Waals surface area contributed by atoms with E-state index in [1.165, 1.54) is 18.2 Å². The maximum absolute atomic E-state index is 14.2. The monoisotopic (exact) mass is 497 g/mol. The minimum atomic E-state index is -4.28. The Kier molecular flexibility index (Phi) is 8.25. The lowest BCUT2D eigenvalue weighted by Gasteiger charge is -2.26. The van der Waals surface area contributed by atoms with Crippen molar-refractivity contribution in [2.24, 2.45) is 0 Å². The molecule has 1 amide bonds. The molecular formula is C26H28FN3O4S. The largest absolute Gasteiger partial charge is 0.379 e. The van der Waals surface area contributed by atoms with Gasteiger partial charge in [0.25, 0.3) is 0 Å². The zero-order chi connectivity index (χ0) is 24.7. The summed E-state index contributed by atoms with van der Waals surface area (Å²) in [6.45, 7) is 3.79. The Bertz CT molecular complexity index is 1250. The first-order valence-corrected chi connectivity index (χ1v) is 12.9. The lowest BCUT2D eigenvalue weighted by atomic mass is 10.1. The summed E-state index contributed by atoms with van der Waals surface area (Å²) < 4.78 is 47.9. The highest BCUT2D eigenvalue weighted by molar-refractivity contribution is 7.89. The molecule has 0 spiro atoms. The summed E-state index contributed by atoms with van der Waals surface area (Å²) in [4.78, 5) is 15.0. The minimum absolute atomic E-state index is 0.105. The van der Waals surface area contributed by atoms with Gasteiger partial charge in [0.1, 0.15) is 16.8 Å². The lowest BCUT2D eigenvalue weighted by Crippen LogP contribution is -2.45. The standard InChI is InChI=1S/C26H28FN3O4S/c27-23-11-4-5-12-25(23)35(32,33)29-24(18-20-7-2-1-3-8-20)26(31)28-22-10-6-9-21(17-22)19-30-13-15-34-16-14-30/h1-12,17,24,29H,13-16,18-19H2,(H,28,31)/t24-/m0/s1. The van der Waals surface area contributed by atoms with E-state index < -0.39 is 32.7 Å². The van der Waals surface area contributed by atoms with Gasteiger partial charge in [-0.05, 0) is 41.8 Å². The van der Waals surface area contributed by atoms with Crippen LogP contribution in [0.5, 0.6) is 0 Å². The maximum atomic E-state index is 14.2. The number of hydrogen-bond acceptors (Lipinski definition) is 5. The van der Waals surface area contributed by atoms with E-state index in [4.69, 9.17) is 4.74 Å². The number of sulfonamides is 1. The molecule has 2 N–H and O–H groups in total. The number of rotatable bonds is 9. The van der Waals surface area contributed by atoms with Crippen LogP contribution in [0.15, 0.2) is 83.8 Å². The highest BCUT2D eigenvalue weighted by Crippen LogP contribution is 2.17. The fourth-order valence-electron chi connectivity index (χ4n) is 3.95. The SMILES string of the molecule is O=C(Nc1cccc(CN2CCOCC2)c1)[C@H](Cc1ccccc1)NS(=O)(=O)c1ccccc1F. The van der Waals surface area contributed by atoms with Crippen LogP contribution in [0.2, 0.25) is 0 Å². The van der Waals surface area contributed by atoms with Crippen molar-refractivity contribution < 1.29 is 22.3 Å². The number of benzene rings is 3. The van der Waals surface area contributed by atoms with Crippen molar-refractivity contribution in [3.63, 3.8) is 0 Å². The van der Waals surface area contributed by atoms with Gasteiger partial charge >= 0.3 is 0 Å². The second-order valence-corrected chi connectivity index (χ2v) is 10.1. The number of nitrogens with one attached hydrogen (secondary N) is 2. The van der Waals surface area contributed by atoms with Crippen LogP contribution >= 0.6 is 0 Å². The van der Waals surface area contributed by atoms with Gasteiger partial charge in [0.05, 0.1) is 13.2 Å². The van der Waals surface area contributed by atoms with Crippen molar-refractivity contribution in [1.29, 1.82) is 0 Å². The average Bonchev–Trinajstić information content (AvgIpc) is 2.85. The Morgan fingerprint density at radius 3 is 2.37 bits per heavy atom. The van der Waals surface area contributed by atoms with Crippen LogP contribution in [-0.2, 0) is 32.5 Å². The number of anilines is 1. The summed E-state index contributed by atoms with van der Waals surface area (Å²) in [5.41, 5.74) is 2.35. The van der Waals surface area contributed by atoms with E-state index in [2.05, 4.69) is 14.9 Å². The maximum Gasteiger partial charge on any atom is 0.244 e. The number of hydrogen-bond donors (Lipinski definition) is 2. The average molecular weight is 498 g/mol. The Morgan fingerprint density at radius 2 is 1.63 bits per heavy atom. The quantitative estimate of drug-likeness (QED) is 0.474. The van der Waals surface area contributed by atoms with Crippen molar-refractivity contribution in [1.82, 2.24) is 9.62 Å². The number of nitrogens with zero attached hydrogens (tertiary/aromatic N) is 1. The van der Waals surface area contributed by atoms with E-state index in [1.54, 1.807) is 18.2 Å². The second-order valence-electron chi connectivity index (χ2n) is 8.37. The van der Waals surface area contributed by atoms with Crippen LogP contribution in [0.25, 0.3) is 0 Å². The zero-order valence-corrected chi connectivity index (χ0v) is 20.0. The number of halogens is 1. The first kappa shape index (κ1) is 25.0. The predicted molar refractivity (Wildman–Crippen MR) is 132 cm³/mol. The number of amides is 1. The van der Waals surface area contributed by atoms with Crippen LogP contribution in [0.1, 0.15) is 11.1 Å². The molecule has 0 saturated carbocycles. The topological polar surface area (TPSA) is 87.7 Å². The molecule has 3 aromatic carbocycles. The van der Waals surface area contributed by atoms with E-state index >= 15 is 0 Å². The van der Waals surface area contributed by atoms with Crippen molar-refractivity contribution in [2.45, 2.75) is 23.9 Å². The summed E-state index contributed by atoms with van der Waals surface area (Å²) in [5.74, 6) is -1.41. The molecule has 35 heavy (non-hydrogen) atoms. The third-order valence-electron chi connectivity index (χ3n) is 5.73. The fourth-order valence-corrected chi connectivity index (χ4v) is 5.22. The number of carbonyl (C=O) groups excluding carboxylic acids is 1. The number of morpholine rings is 1. The molecule has 7 nitrogen and oxygen atoms in total. The van der Waals surface area contributed by atoms with Gasteiger partial charge in [-0.15, -0.1) is 0 Å². The Hall–Kier alpha value is -3.11. The van der Waals surface area contributed by atoms with E-state index in [-0.39, 0.29) is 6.42 Å². The molecule has 0 bridgehead atoms. The van der Waals surface area contributed by atoms with Gasteiger partial charge in [-0.1, -0.05) is 54.6 Å². The molecule has 1 heterocycles. The van der Waals surface area contributed by atoms with Crippen molar-refractivity contribution >= 4 is 21.6 Å². The van der Waals surface area contributed by atoms with Gasteiger partial charge < -0.3 is 10.1 Å². The van der Waals surface area contributed by atoms with Crippen molar-refractivity contribution in [2.75, 3.05) is 31.6 Å². The summed E-state index contributed by atoms with van der Waals surface area (Å²) in [5, 5.41) is 2.83. The Labute approximate surface area is 205 Å². The predicted octanol–water partition coefficient (Wildman–Crippen LogP) is 3.19. The molecule has 184 valence electrons. The van der Waals surface area contributed by atoms with Gasteiger partial charge in [0.2, 0.25) is 15.9 Å². The summed E-state index contributed by atoms with van der Waals surface area (Å²) in [6.07, 6.45) is 0.105. The van der Waals surface area contributed by atoms with Gasteiger partial charge in [0, 0.05) is 25.3 Å². The molecule has 9 heteroatoms. The van der Waals surface area contributed by atoms with Crippen LogP contribution in [0.4, 0.5) is 10.1 Å². The molecule has 0 aromatic heterocycles. The van der Waals surface area contributed by atoms with E-state index in [1.807, 2.05) is 36.4 Å². The van der Waals surface area contributed by atoms with E-state index in [0.717, 1.165) is 36.8 Å². The highest BCUT2D eigenvalue weighted by atomic mass is 32.2. The minimum Gasteiger partial charge on any atom is -0.379 e. The molecule has 1 atom stereocenters. The van der Waals surface area contributed by atoms with Crippen LogP contribution < -0.4 is 10.0 Å². The van der Waals surface area contributed by atoms with Crippen molar-refractivity contribution in [3.8, 4) is 0 Å². The number of ether oxygens (including phenoxy) is 1. The number of carbonyl (C=O) groups is 1. The molecule has 0 aliphatic carbocycles. The molecular weight excluding hydrogens is 469 g/mol. The molecule has 1 aliphatic rings. The highest BCUT2D eigenvalue weighted by Gasteiger charge is 2.28. The smallest absolute Gasteiger partial charge is 0.244 e. The van der Waals surface area contributed by atoms with E-state index in [0.29, 0.717) is 18.9 Å². The first-order chi connectivity index (χ1) is 16.9. The first-order valence-electron chi connectivity index (χ1n) is 11.4. The van der Waals surface area contributed by atoms with Gasteiger partial charge in [0.15, 0.2) is 0 Å². The lowest BCUT2D eigenvalue weighted by molar-refractivity contribution is -0.117.